The van der Waals surface area contributed by atoms with Crippen molar-refractivity contribution >= 4 is 18.1 Å². The van der Waals surface area contributed by atoms with Gasteiger partial charge in [0.1, 0.15) is 12.2 Å². The molecule has 0 atom stereocenters. The summed E-state index contributed by atoms with van der Waals surface area (Å²) < 4.78 is 10.1. The van der Waals surface area contributed by atoms with Crippen LogP contribution in [-0.2, 0) is 16.1 Å². The van der Waals surface area contributed by atoms with E-state index < -0.39 is 11.7 Å². The molecule has 0 saturated carbocycles. The van der Waals surface area contributed by atoms with Gasteiger partial charge in [-0.05, 0) is 38.5 Å². The molecule has 5 nitrogen and oxygen atoms in total. The van der Waals surface area contributed by atoms with E-state index in [4.69, 9.17) is 9.47 Å². The molecule has 112 valence electrons. The van der Waals surface area contributed by atoms with E-state index in [1.54, 1.807) is 6.07 Å². The third kappa shape index (κ3) is 4.34. The molecule has 0 bridgehead atoms. The van der Waals surface area contributed by atoms with Gasteiger partial charge in [0.05, 0.1) is 5.56 Å². The zero-order chi connectivity index (χ0) is 15.5. The zero-order valence-corrected chi connectivity index (χ0v) is 12.4. The van der Waals surface area contributed by atoms with Crippen molar-refractivity contribution in [3.63, 3.8) is 0 Å². The van der Waals surface area contributed by atoms with Crippen molar-refractivity contribution in [3.05, 3.63) is 41.0 Å². The van der Waals surface area contributed by atoms with Crippen LogP contribution in [0.2, 0.25) is 0 Å². The lowest BCUT2D eigenvalue weighted by Crippen LogP contribution is -2.32. The monoisotopic (exact) mass is 289 g/mol. The van der Waals surface area contributed by atoms with Gasteiger partial charge in [-0.25, -0.2) is 9.59 Å². The van der Waals surface area contributed by atoms with Crippen LogP contribution in [0.5, 0.6) is 0 Å². The fourth-order valence-corrected chi connectivity index (χ4v) is 1.91. The average Bonchev–Trinajstić information content (AvgIpc) is 2.74. The Labute approximate surface area is 123 Å². The van der Waals surface area contributed by atoms with Crippen molar-refractivity contribution < 1.29 is 19.1 Å². The first kappa shape index (κ1) is 15.1. The second-order valence-electron chi connectivity index (χ2n) is 5.78. The van der Waals surface area contributed by atoms with E-state index in [-0.39, 0.29) is 5.97 Å². The number of esters is 1. The fourth-order valence-electron chi connectivity index (χ4n) is 1.91. The van der Waals surface area contributed by atoms with Crippen LogP contribution in [0.3, 0.4) is 0 Å². The van der Waals surface area contributed by atoms with Crippen LogP contribution in [0.25, 0.3) is 6.08 Å². The van der Waals surface area contributed by atoms with Crippen molar-refractivity contribution in [2.75, 3.05) is 6.54 Å². The first-order valence-electron chi connectivity index (χ1n) is 6.78. The second-order valence-corrected chi connectivity index (χ2v) is 5.78. The van der Waals surface area contributed by atoms with Gasteiger partial charge in [0.25, 0.3) is 0 Å². The third-order valence-corrected chi connectivity index (χ3v) is 2.78. The number of nitrogens with one attached hydrogen (secondary N) is 1. The Balaban J connectivity index is 1.85. The zero-order valence-electron chi connectivity index (χ0n) is 12.4. The highest BCUT2D eigenvalue weighted by Crippen LogP contribution is 2.21. The molecule has 0 aliphatic carbocycles. The minimum absolute atomic E-state index is 0.271. The standard InChI is InChI=1S/C16H19NO4/c1-16(2,3)21-15(19)17-8-4-5-11-6-7-13-12(9-11)10-20-14(13)18/h4-7,9H,8,10H2,1-3H3,(H,17,19). The molecular weight excluding hydrogens is 270 g/mol. The lowest BCUT2D eigenvalue weighted by molar-refractivity contribution is 0.0524. The van der Waals surface area contributed by atoms with E-state index in [2.05, 4.69) is 5.32 Å². The van der Waals surface area contributed by atoms with E-state index >= 15 is 0 Å². The van der Waals surface area contributed by atoms with Crippen LogP contribution >= 0.6 is 0 Å². The molecule has 0 saturated heterocycles. The predicted octanol–water partition coefficient (Wildman–Crippen LogP) is 2.89. The summed E-state index contributed by atoms with van der Waals surface area (Å²) in [6.45, 7) is 6.15. The molecule has 21 heavy (non-hydrogen) atoms. The molecule has 1 N–H and O–H groups in total. The molecule has 1 aromatic carbocycles. The van der Waals surface area contributed by atoms with Gasteiger partial charge in [-0.3, -0.25) is 0 Å². The maximum absolute atomic E-state index is 11.4. The van der Waals surface area contributed by atoms with E-state index in [9.17, 15) is 9.59 Å². The molecule has 0 unspecified atom stereocenters. The van der Waals surface area contributed by atoms with Gasteiger partial charge >= 0.3 is 12.1 Å². The molecule has 2 rings (SSSR count). The van der Waals surface area contributed by atoms with Gasteiger partial charge in [-0.15, -0.1) is 0 Å². The van der Waals surface area contributed by atoms with Gasteiger partial charge in [-0.1, -0.05) is 18.2 Å². The SMILES string of the molecule is CC(C)(C)OC(=O)NCC=Cc1ccc2c(c1)COC2=O. The molecule has 0 spiro atoms. The van der Waals surface area contributed by atoms with E-state index in [1.165, 1.54) is 0 Å². The molecule has 1 amide bonds. The van der Waals surface area contributed by atoms with Gasteiger partial charge in [0.15, 0.2) is 0 Å². The molecule has 1 aromatic rings. The number of hydrogen-bond donors (Lipinski definition) is 1. The second kappa shape index (κ2) is 5.99. The number of carbonyl (C=O) groups excluding carboxylic acids is 2. The summed E-state index contributed by atoms with van der Waals surface area (Å²) in [6.07, 6.45) is 3.25. The number of hydrogen-bond acceptors (Lipinski definition) is 4. The normalized spacial score (nSPS) is 14.0. The Morgan fingerprint density at radius 1 is 1.43 bits per heavy atom. The predicted molar refractivity (Wildman–Crippen MR) is 78.8 cm³/mol. The first-order chi connectivity index (χ1) is 9.85. The smallest absolute Gasteiger partial charge is 0.407 e. The van der Waals surface area contributed by atoms with Crippen molar-refractivity contribution in [2.45, 2.75) is 33.0 Å². The lowest BCUT2D eigenvalue weighted by atomic mass is 10.1. The van der Waals surface area contributed by atoms with Crippen molar-refractivity contribution in [1.82, 2.24) is 5.32 Å². The summed E-state index contributed by atoms with van der Waals surface area (Å²) in [6, 6.07) is 5.51. The Hall–Kier alpha value is -2.30. The summed E-state index contributed by atoms with van der Waals surface area (Å²) >= 11 is 0. The fraction of sp³-hybridized carbons (Fsp3) is 0.375. The largest absolute Gasteiger partial charge is 0.457 e. The van der Waals surface area contributed by atoms with Crippen LogP contribution in [0.1, 0.15) is 42.3 Å². The molecule has 0 radical (unpaired) electrons. The van der Waals surface area contributed by atoms with E-state index in [1.807, 2.05) is 45.1 Å². The van der Waals surface area contributed by atoms with Gasteiger partial charge in [-0.2, -0.15) is 0 Å². The molecule has 1 heterocycles. The highest BCUT2D eigenvalue weighted by Gasteiger charge is 2.20. The number of rotatable bonds is 3. The first-order valence-corrected chi connectivity index (χ1v) is 6.78. The summed E-state index contributed by atoms with van der Waals surface area (Å²) in [7, 11) is 0. The van der Waals surface area contributed by atoms with Crippen LogP contribution < -0.4 is 5.32 Å². The quantitative estimate of drug-likeness (QED) is 0.869. The summed E-state index contributed by atoms with van der Waals surface area (Å²) in [5, 5.41) is 2.64. The average molecular weight is 289 g/mol. The molecular formula is C16H19NO4. The summed E-state index contributed by atoms with van der Waals surface area (Å²) in [4.78, 5) is 22.8. The molecule has 1 aliphatic rings. The molecule has 0 aromatic heterocycles. The van der Waals surface area contributed by atoms with E-state index in [0.717, 1.165) is 11.1 Å². The molecule has 5 heteroatoms. The number of benzene rings is 1. The van der Waals surface area contributed by atoms with Crippen LogP contribution in [-0.4, -0.2) is 24.2 Å². The number of cyclic esters (lactones) is 1. The molecule has 0 fully saturated rings. The number of carbonyl (C=O) groups is 2. The summed E-state index contributed by atoms with van der Waals surface area (Å²) in [5.74, 6) is -0.271. The van der Waals surface area contributed by atoms with Crippen molar-refractivity contribution in [3.8, 4) is 0 Å². The maximum atomic E-state index is 11.4. The minimum Gasteiger partial charge on any atom is -0.457 e. The van der Waals surface area contributed by atoms with Crippen LogP contribution in [0.15, 0.2) is 24.3 Å². The maximum Gasteiger partial charge on any atom is 0.407 e. The Bertz CT molecular complexity index is 584. The molecule has 1 aliphatic heterocycles. The Morgan fingerprint density at radius 2 is 2.19 bits per heavy atom. The van der Waals surface area contributed by atoms with Gasteiger partial charge in [0.2, 0.25) is 0 Å². The topological polar surface area (TPSA) is 64.6 Å². The number of alkyl carbamates (subject to hydrolysis) is 1. The van der Waals surface area contributed by atoms with Gasteiger partial charge in [0, 0.05) is 12.1 Å². The Morgan fingerprint density at radius 3 is 2.90 bits per heavy atom. The highest BCUT2D eigenvalue weighted by molar-refractivity contribution is 5.93. The van der Waals surface area contributed by atoms with Gasteiger partial charge < -0.3 is 14.8 Å². The van der Waals surface area contributed by atoms with Crippen molar-refractivity contribution in [2.24, 2.45) is 0 Å². The highest BCUT2D eigenvalue weighted by atomic mass is 16.6. The van der Waals surface area contributed by atoms with Crippen LogP contribution in [0.4, 0.5) is 4.79 Å². The number of fused-ring (bicyclic) bond motifs is 1. The minimum atomic E-state index is -0.500. The third-order valence-electron chi connectivity index (χ3n) is 2.78. The number of ether oxygens (including phenoxy) is 2. The summed E-state index contributed by atoms with van der Waals surface area (Å²) in [5.41, 5.74) is 1.97. The van der Waals surface area contributed by atoms with Crippen molar-refractivity contribution in [1.29, 1.82) is 0 Å². The lowest BCUT2D eigenvalue weighted by Gasteiger charge is -2.19. The van der Waals surface area contributed by atoms with E-state index in [0.29, 0.717) is 18.7 Å². The van der Waals surface area contributed by atoms with Crippen LogP contribution in [0, 0.1) is 0 Å². The number of amides is 1. The Kier molecular flexibility index (Phi) is 4.31.